The number of pyridine rings is 1. The molecule has 0 bridgehead atoms. The third kappa shape index (κ3) is 6.06. The molecule has 2 fully saturated rings. The molecule has 4 aromatic rings. The number of allylic oxidation sites excluding steroid dienone is 1. The molecule has 9 nitrogen and oxygen atoms in total. The number of piperazine rings is 1. The first-order chi connectivity index (χ1) is 21.8. The molecule has 2 aromatic heterocycles. The standard InChI is InChI=1S/C34H38F2N6O3/c1-21-7-5-8-23-9-6-10-26(28(21)23)30-29(36)31-27(18-37-30)32(41-13-15-42(16-14-41)33(43)22(2)11-12-35)39-34(38-31)45-20-24-17-25(44-4)19-40(24)3/h5-11,18,24-25H,12-17,19-20H2,1-4H3/b22-11+/t24-,25+/m0/s1. The van der Waals surface area contributed by atoms with Crippen molar-refractivity contribution in [2.75, 3.05) is 65.1 Å². The number of hydrogen-bond donors (Lipinski definition) is 0. The summed E-state index contributed by atoms with van der Waals surface area (Å²) < 4.78 is 41.1. The number of fused-ring (bicyclic) bond motifs is 2. The van der Waals surface area contributed by atoms with Crippen LogP contribution in [-0.4, -0.2) is 103 Å². The van der Waals surface area contributed by atoms with E-state index in [1.165, 1.54) is 6.08 Å². The van der Waals surface area contributed by atoms with Crippen molar-refractivity contribution in [1.82, 2.24) is 24.8 Å². The Morgan fingerprint density at radius 3 is 2.58 bits per heavy atom. The largest absolute Gasteiger partial charge is 0.462 e. The molecule has 0 aliphatic carbocycles. The minimum Gasteiger partial charge on any atom is -0.462 e. The van der Waals surface area contributed by atoms with Crippen LogP contribution in [0.25, 0.3) is 32.9 Å². The van der Waals surface area contributed by atoms with Gasteiger partial charge in [0.2, 0.25) is 5.91 Å². The van der Waals surface area contributed by atoms with Gasteiger partial charge < -0.3 is 19.3 Å². The molecular formula is C34H38F2N6O3. The highest BCUT2D eigenvalue weighted by molar-refractivity contribution is 6.00. The molecule has 2 saturated heterocycles. The average molecular weight is 617 g/mol. The summed E-state index contributed by atoms with van der Waals surface area (Å²) in [6, 6.07) is 12.0. The Morgan fingerprint density at radius 1 is 1.11 bits per heavy atom. The van der Waals surface area contributed by atoms with Crippen LogP contribution in [0.15, 0.2) is 54.2 Å². The van der Waals surface area contributed by atoms with Gasteiger partial charge in [-0.3, -0.25) is 14.7 Å². The molecule has 6 rings (SSSR count). The highest BCUT2D eigenvalue weighted by atomic mass is 19.1. The number of rotatable bonds is 8. The summed E-state index contributed by atoms with van der Waals surface area (Å²) in [5.41, 5.74) is 2.43. The van der Waals surface area contributed by atoms with Crippen molar-refractivity contribution in [1.29, 1.82) is 0 Å². The molecule has 0 saturated carbocycles. The highest BCUT2D eigenvalue weighted by Gasteiger charge is 2.31. The van der Waals surface area contributed by atoms with Crippen LogP contribution in [0.5, 0.6) is 6.01 Å². The van der Waals surface area contributed by atoms with E-state index in [4.69, 9.17) is 14.5 Å². The van der Waals surface area contributed by atoms with E-state index in [-0.39, 0.29) is 35.3 Å². The van der Waals surface area contributed by atoms with Crippen molar-refractivity contribution in [3.8, 4) is 17.3 Å². The van der Waals surface area contributed by atoms with E-state index >= 15 is 4.39 Å². The van der Waals surface area contributed by atoms with Crippen LogP contribution < -0.4 is 9.64 Å². The van der Waals surface area contributed by atoms with Crippen LogP contribution in [0, 0.1) is 12.7 Å². The minimum atomic E-state index is -0.686. The average Bonchev–Trinajstić information content (AvgIpc) is 3.43. The van der Waals surface area contributed by atoms with E-state index in [2.05, 4.69) is 14.9 Å². The Balaban J connectivity index is 1.38. The van der Waals surface area contributed by atoms with E-state index in [0.717, 1.165) is 29.3 Å². The first-order valence-corrected chi connectivity index (χ1v) is 15.3. The quantitative estimate of drug-likeness (QED) is 0.257. The van der Waals surface area contributed by atoms with Crippen LogP contribution in [0.2, 0.25) is 0 Å². The number of anilines is 1. The third-order valence-electron chi connectivity index (χ3n) is 8.99. The van der Waals surface area contributed by atoms with Gasteiger partial charge in [0.1, 0.15) is 30.3 Å². The fraction of sp³-hybridized carbons (Fsp3) is 0.412. The zero-order chi connectivity index (χ0) is 31.7. The number of amides is 1. The maximum atomic E-state index is 16.6. The van der Waals surface area contributed by atoms with Gasteiger partial charge in [0, 0.05) is 63.2 Å². The summed E-state index contributed by atoms with van der Waals surface area (Å²) in [7, 11) is 3.73. The van der Waals surface area contributed by atoms with Crippen LogP contribution in [0.3, 0.4) is 0 Å². The van der Waals surface area contributed by atoms with Crippen LogP contribution in [0.4, 0.5) is 14.6 Å². The Morgan fingerprint density at radius 2 is 1.87 bits per heavy atom. The van der Waals surface area contributed by atoms with Gasteiger partial charge in [-0.25, -0.2) is 8.78 Å². The number of likely N-dealkylation sites (tertiary alicyclic amines) is 1. The van der Waals surface area contributed by atoms with E-state index in [1.54, 1.807) is 25.1 Å². The van der Waals surface area contributed by atoms with Crippen LogP contribution in [0.1, 0.15) is 18.9 Å². The number of halogens is 2. The number of nitrogens with zero attached hydrogens (tertiary/aromatic N) is 6. The van der Waals surface area contributed by atoms with E-state index < -0.39 is 12.5 Å². The number of methoxy groups -OCH3 is 1. The number of carbonyl (C=O) groups is 1. The maximum absolute atomic E-state index is 16.6. The molecule has 2 aromatic carbocycles. The number of benzene rings is 2. The SMILES string of the molecule is CO[C@@H]1C[C@@H](COc2nc(N3CCN(C(=O)/C(C)=C/CF)CC3)c3cnc(-c4cccc5cccc(C)c45)c(F)c3n2)N(C)C1. The molecule has 45 heavy (non-hydrogen) atoms. The second-order valence-electron chi connectivity index (χ2n) is 11.8. The fourth-order valence-electron chi connectivity index (χ4n) is 6.38. The van der Waals surface area contributed by atoms with Gasteiger partial charge in [-0.1, -0.05) is 36.4 Å². The lowest BCUT2D eigenvalue weighted by Crippen LogP contribution is -2.49. The molecule has 2 aliphatic heterocycles. The number of alkyl halides is 1. The number of hydrogen-bond acceptors (Lipinski definition) is 8. The Bertz CT molecular complexity index is 1750. The molecule has 1 amide bonds. The normalized spacial score (nSPS) is 19.6. The van der Waals surface area contributed by atoms with Crippen LogP contribution in [-0.2, 0) is 9.53 Å². The van der Waals surface area contributed by atoms with Gasteiger partial charge in [0.05, 0.1) is 11.5 Å². The van der Waals surface area contributed by atoms with Gasteiger partial charge >= 0.3 is 6.01 Å². The number of aromatic nitrogens is 3. The Labute approximate surface area is 261 Å². The molecule has 4 heterocycles. The summed E-state index contributed by atoms with van der Waals surface area (Å²) in [6.45, 7) is 5.78. The second kappa shape index (κ2) is 13.0. The first-order valence-electron chi connectivity index (χ1n) is 15.3. The minimum absolute atomic E-state index is 0.0807. The monoisotopic (exact) mass is 616 g/mol. The van der Waals surface area contributed by atoms with E-state index in [0.29, 0.717) is 55.1 Å². The molecule has 2 atom stereocenters. The number of likely N-dealkylation sites (N-methyl/N-ethyl adjacent to an activating group) is 1. The summed E-state index contributed by atoms with van der Waals surface area (Å²) in [5, 5.41) is 2.40. The van der Waals surface area contributed by atoms with Gasteiger partial charge in [-0.2, -0.15) is 9.97 Å². The zero-order valence-electron chi connectivity index (χ0n) is 26.1. The zero-order valence-corrected chi connectivity index (χ0v) is 26.1. The predicted octanol–water partition coefficient (Wildman–Crippen LogP) is 4.95. The van der Waals surface area contributed by atoms with Crippen LogP contribution >= 0.6 is 0 Å². The molecule has 2 aliphatic rings. The molecule has 0 N–H and O–H groups in total. The van der Waals surface area contributed by atoms with Crippen molar-refractivity contribution in [2.45, 2.75) is 32.4 Å². The lowest BCUT2D eigenvalue weighted by atomic mass is 9.97. The molecule has 0 spiro atoms. The lowest BCUT2D eigenvalue weighted by molar-refractivity contribution is -0.127. The number of aryl methyl sites for hydroxylation is 1. The maximum Gasteiger partial charge on any atom is 0.319 e. The van der Waals surface area contributed by atoms with Gasteiger partial charge in [0.25, 0.3) is 0 Å². The van der Waals surface area contributed by atoms with E-state index in [9.17, 15) is 9.18 Å². The van der Waals surface area contributed by atoms with Gasteiger partial charge in [0.15, 0.2) is 5.82 Å². The first kappa shape index (κ1) is 30.8. The van der Waals surface area contributed by atoms with Crippen molar-refractivity contribution in [3.05, 3.63) is 65.6 Å². The number of ether oxygens (including phenoxy) is 2. The Kier molecular flexibility index (Phi) is 8.91. The molecule has 236 valence electrons. The van der Waals surface area contributed by atoms with Crippen molar-refractivity contribution >= 4 is 33.4 Å². The smallest absolute Gasteiger partial charge is 0.319 e. The van der Waals surface area contributed by atoms with E-state index in [1.807, 2.05) is 55.3 Å². The topological polar surface area (TPSA) is 83.9 Å². The Hall–Kier alpha value is -4.22. The van der Waals surface area contributed by atoms with Crippen molar-refractivity contribution in [3.63, 3.8) is 0 Å². The second-order valence-corrected chi connectivity index (χ2v) is 11.8. The fourth-order valence-corrected chi connectivity index (χ4v) is 6.38. The molecule has 0 unspecified atom stereocenters. The number of carbonyl (C=O) groups excluding carboxylic acids is 1. The summed E-state index contributed by atoms with van der Waals surface area (Å²) in [5.74, 6) is -0.239. The lowest BCUT2D eigenvalue weighted by Gasteiger charge is -2.36. The highest BCUT2D eigenvalue weighted by Crippen LogP contribution is 2.36. The predicted molar refractivity (Wildman–Crippen MR) is 171 cm³/mol. The summed E-state index contributed by atoms with van der Waals surface area (Å²) in [4.78, 5) is 32.6. The van der Waals surface area contributed by atoms with Crippen molar-refractivity contribution < 1.29 is 23.0 Å². The molecule has 0 radical (unpaired) electrons. The molecule has 11 heteroatoms. The summed E-state index contributed by atoms with van der Waals surface area (Å²) >= 11 is 0. The van der Waals surface area contributed by atoms with Gasteiger partial charge in [-0.05, 0) is 49.7 Å². The summed E-state index contributed by atoms with van der Waals surface area (Å²) in [6.07, 6.45) is 3.84. The van der Waals surface area contributed by atoms with Gasteiger partial charge in [-0.15, -0.1) is 0 Å². The molecular weight excluding hydrogens is 578 g/mol. The third-order valence-corrected chi connectivity index (χ3v) is 8.99. The van der Waals surface area contributed by atoms with Crippen molar-refractivity contribution in [2.24, 2.45) is 0 Å².